The van der Waals surface area contributed by atoms with Crippen LogP contribution in [0.15, 0.2) is 0 Å². The zero-order valence-corrected chi connectivity index (χ0v) is 40.0. The van der Waals surface area contributed by atoms with Gasteiger partial charge in [-0.2, -0.15) is 0 Å². The van der Waals surface area contributed by atoms with Crippen molar-refractivity contribution in [3.8, 4) is 0 Å². The summed E-state index contributed by atoms with van der Waals surface area (Å²) in [7, 11) is 0. The largest absolute Gasteiger partial charge is 0.480 e. The van der Waals surface area contributed by atoms with Crippen molar-refractivity contribution < 1.29 is 77.3 Å². The second-order valence-electron chi connectivity index (χ2n) is 16.0. The summed E-state index contributed by atoms with van der Waals surface area (Å²) >= 11 is 0. The van der Waals surface area contributed by atoms with Gasteiger partial charge in [-0.3, -0.25) is 67.1 Å². The van der Waals surface area contributed by atoms with Crippen LogP contribution < -0.4 is 75.7 Å². The van der Waals surface area contributed by atoms with Crippen LogP contribution in [0.3, 0.4) is 0 Å². The van der Waals surface area contributed by atoms with Crippen molar-refractivity contribution in [3.63, 3.8) is 0 Å². The van der Waals surface area contributed by atoms with Gasteiger partial charge in [0.1, 0.15) is 36.3 Å². The zero-order chi connectivity index (χ0) is 54.1. The van der Waals surface area contributed by atoms with E-state index in [4.69, 9.17) is 22.3 Å². The summed E-state index contributed by atoms with van der Waals surface area (Å²) < 4.78 is 0. The minimum Gasteiger partial charge on any atom is -0.480 e. The first-order chi connectivity index (χ1) is 33.4. The molecule has 0 aliphatic heterocycles. The first-order valence-electron chi connectivity index (χ1n) is 22.7. The molecule has 0 aromatic heterocycles. The Morgan fingerprint density at radius 2 is 0.831 bits per heavy atom. The van der Waals surface area contributed by atoms with E-state index in [9.17, 15) is 72.2 Å². The molecule has 0 aliphatic rings. The van der Waals surface area contributed by atoms with Gasteiger partial charge in [0.15, 0.2) is 0 Å². The Hall–Kier alpha value is -7.50. The lowest BCUT2D eigenvalue weighted by atomic mass is 10.1. The van der Waals surface area contributed by atoms with Crippen molar-refractivity contribution in [1.82, 2.24) is 58.5 Å². The number of aliphatic hydroxyl groups excluding tert-OH is 1. The molecular weight excluding hydrogens is 945 g/mol. The third-order valence-electron chi connectivity index (χ3n) is 9.73. The van der Waals surface area contributed by atoms with Gasteiger partial charge in [-0.15, -0.1) is 0 Å². The lowest BCUT2D eigenvalue weighted by Crippen LogP contribution is -2.54. The number of carboxylic acid groups (broad SMARTS) is 1. The smallest absolute Gasteiger partial charge is 0.325 e. The highest BCUT2D eigenvalue weighted by Gasteiger charge is 2.27. The fourth-order valence-corrected chi connectivity index (χ4v) is 5.61. The zero-order valence-electron chi connectivity index (χ0n) is 40.0. The van der Waals surface area contributed by atoms with Crippen molar-refractivity contribution in [2.75, 3.05) is 45.8 Å². The molecule has 1 unspecified atom stereocenters. The first kappa shape index (κ1) is 63.5. The highest BCUT2D eigenvalue weighted by atomic mass is 16.4. The topological polar surface area (TPSA) is 490 Å². The normalized spacial score (nSPS) is 13.1. The second kappa shape index (κ2) is 35.6. The van der Waals surface area contributed by atoms with E-state index in [0.717, 1.165) is 0 Å². The van der Waals surface area contributed by atoms with E-state index in [2.05, 4.69) is 58.5 Å². The van der Waals surface area contributed by atoms with E-state index in [1.165, 1.54) is 20.8 Å². The molecule has 19 N–H and O–H groups in total. The summed E-state index contributed by atoms with van der Waals surface area (Å²) in [5.74, 6) is -11.0. The molecule has 0 heterocycles. The highest BCUT2D eigenvalue weighted by Crippen LogP contribution is 2.06. The van der Waals surface area contributed by atoms with Gasteiger partial charge < -0.3 is 85.9 Å². The molecule has 71 heavy (non-hydrogen) atoms. The van der Waals surface area contributed by atoms with Gasteiger partial charge in [0.25, 0.3) is 0 Å². The third-order valence-corrected chi connectivity index (χ3v) is 9.73. The Kier molecular flexibility index (Phi) is 31.8. The van der Waals surface area contributed by atoms with Crippen molar-refractivity contribution in [3.05, 3.63) is 0 Å². The van der Waals surface area contributed by atoms with E-state index >= 15 is 0 Å². The number of nitrogens with one attached hydrogen (secondary N) is 11. The summed E-state index contributed by atoms with van der Waals surface area (Å²) in [5, 5.41) is 44.4. The summed E-state index contributed by atoms with van der Waals surface area (Å²) in [6.45, 7) is 1.42. The fraction of sp³-hybridized carbons (Fsp3) is 0.659. The quantitative estimate of drug-likeness (QED) is 0.0257. The van der Waals surface area contributed by atoms with Crippen LogP contribution >= 0.6 is 0 Å². The molecule has 0 saturated carbocycles. The Labute approximate surface area is 408 Å². The van der Waals surface area contributed by atoms with Crippen molar-refractivity contribution in [2.45, 2.75) is 128 Å². The molecular formula is C41H70N14O16. The van der Waals surface area contributed by atoms with Crippen molar-refractivity contribution in [1.29, 1.82) is 0 Å². The number of carbonyl (C=O) groups excluding carboxylic acids is 13. The molecule has 0 bridgehead atoms. The first-order valence-corrected chi connectivity index (χ1v) is 22.7. The maximum atomic E-state index is 13.0. The van der Waals surface area contributed by atoms with Gasteiger partial charge in [0, 0.05) is 25.8 Å². The average Bonchev–Trinajstić information content (AvgIpc) is 3.30. The number of aliphatic hydroxyl groups is 1. The maximum absolute atomic E-state index is 13.0. The molecule has 0 aromatic rings. The van der Waals surface area contributed by atoms with E-state index in [-0.39, 0.29) is 64.3 Å². The minimum atomic E-state index is -1.60. The monoisotopic (exact) mass is 1010 g/mol. The molecule has 400 valence electrons. The molecule has 0 fully saturated rings. The molecule has 0 aliphatic carbocycles. The summed E-state index contributed by atoms with van der Waals surface area (Å²) in [6, 6.07) is -5.81. The second-order valence-corrected chi connectivity index (χ2v) is 16.0. The Balaban J connectivity index is 4.66. The number of amides is 13. The predicted molar refractivity (Wildman–Crippen MR) is 247 cm³/mol. The average molecular weight is 1020 g/mol. The molecule has 0 aromatic carbocycles. The maximum Gasteiger partial charge on any atom is 0.325 e. The Bertz CT molecular complexity index is 1890. The lowest BCUT2D eigenvalue weighted by Gasteiger charge is -2.22. The summed E-state index contributed by atoms with van der Waals surface area (Å²) in [4.78, 5) is 170. The standard InChI is InChI=1S/C41H70N14O16/c1-22(51-39(68)25(9-4-6-15-42)54-29(58)12-8-11-28(43)57)37(66)50-21-35(64)49-20-34(63)48-19-33(62)47-18-32(61)46-17-31(60)45-16-7-5-10-26(55-30(59)14-13-27(56)36(44)65)40(69)52-23(2)38(67)53-24(3)41(70)71/h22-27,56H,4-21,42H2,1-3H3,(H2,43,57)(H2,44,65)(H,45,60)(H,46,61)(H,47,62)(H,48,63)(H,49,64)(H,50,66)(H,51,68)(H,52,69)(H,53,67)(H,54,58)(H,55,59)(H,70,71)/t22-,23-,24-,25+,26+,27?/m1/s1. The number of carboxylic acids is 1. The molecule has 0 rings (SSSR count). The van der Waals surface area contributed by atoms with Crippen LogP contribution in [-0.4, -0.2) is 175 Å². The van der Waals surface area contributed by atoms with Crippen LogP contribution in [0, 0.1) is 0 Å². The van der Waals surface area contributed by atoms with Gasteiger partial charge in [-0.25, -0.2) is 0 Å². The lowest BCUT2D eigenvalue weighted by molar-refractivity contribution is -0.141. The molecule has 13 amide bonds. The number of unbranched alkanes of at least 4 members (excludes halogenated alkanes) is 2. The van der Waals surface area contributed by atoms with Crippen molar-refractivity contribution >= 4 is 82.8 Å². The van der Waals surface area contributed by atoms with Crippen LogP contribution in [0.1, 0.15) is 91.4 Å². The number of carbonyl (C=O) groups is 14. The molecule has 0 saturated heterocycles. The molecule has 30 nitrogen and oxygen atoms in total. The van der Waals surface area contributed by atoms with Crippen LogP contribution in [0.5, 0.6) is 0 Å². The van der Waals surface area contributed by atoms with Gasteiger partial charge in [0.2, 0.25) is 76.8 Å². The fourth-order valence-electron chi connectivity index (χ4n) is 5.61. The Morgan fingerprint density at radius 1 is 0.423 bits per heavy atom. The van der Waals surface area contributed by atoms with Crippen LogP contribution in [0.2, 0.25) is 0 Å². The van der Waals surface area contributed by atoms with Gasteiger partial charge in [0.05, 0.1) is 32.7 Å². The molecule has 6 atom stereocenters. The SMILES string of the molecule is C[C@@H](NC(=O)[C@@H](C)NC(=O)[C@H](CCCCNC(=O)CNC(=O)CNC(=O)CNC(=O)CNC(=O)CNC(=O)[C@@H](C)NC(=O)[C@H](CCCCN)NC(=O)CCCC(N)=O)NC(=O)CCC(O)C(N)=O)C(=O)O. The van der Waals surface area contributed by atoms with Gasteiger partial charge in [-0.1, -0.05) is 0 Å². The highest BCUT2D eigenvalue weighted by molar-refractivity contribution is 5.95. The van der Waals surface area contributed by atoms with E-state index < -0.39 is 152 Å². The van der Waals surface area contributed by atoms with Crippen molar-refractivity contribution in [2.24, 2.45) is 17.2 Å². The minimum absolute atomic E-state index is 0.00614. The number of nitrogens with two attached hydrogens (primary N) is 3. The number of hydrogen-bond acceptors (Lipinski definition) is 16. The van der Waals surface area contributed by atoms with Crippen LogP contribution in [0.4, 0.5) is 0 Å². The summed E-state index contributed by atoms with van der Waals surface area (Å²) in [5.41, 5.74) is 15.6. The third kappa shape index (κ3) is 31.3. The van der Waals surface area contributed by atoms with Crippen LogP contribution in [-0.2, 0) is 67.1 Å². The van der Waals surface area contributed by atoms with Gasteiger partial charge >= 0.3 is 5.97 Å². The number of aliphatic carboxylic acids is 1. The van der Waals surface area contributed by atoms with E-state index in [0.29, 0.717) is 19.4 Å². The predicted octanol–water partition coefficient (Wildman–Crippen LogP) is -8.17. The summed E-state index contributed by atoms with van der Waals surface area (Å²) in [6.07, 6.45) is -0.403. The molecule has 30 heteroatoms. The van der Waals surface area contributed by atoms with Crippen LogP contribution in [0.25, 0.3) is 0 Å². The number of hydrogen-bond donors (Lipinski definition) is 16. The number of primary amides is 2. The molecule has 0 radical (unpaired) electrons. The van der Waals surface area contributed by atoms with E-state index in [1.54, 1.807) is 0 Å². The number of rotatable bonds is 37. The van der Waals surface area contributed by atoms with E-state index in [1.807, 2.05) is 0 Å². The molecule has 0 spiro atoms. The Morgan fingerprint density at radius 3 is 1.27 bits per heavy atom. The van der Waals surface area contributed by atoms with Gasteiger partial charge in [-0.05, 0) is 78.7 Å².